The first-order chi connectivity index (χ1) is 15.1. The highest BCUT2D eigenvalue weighted by Crippen LogP contribution is 2.64. The first kappa shape index (κ1) is 24.7. The van der Waals surface area contributed by atoms with Crippen molar-refractivity contribution >= 4 is 17.8 Å². The van der Waals surface area contributed by atoms with E-state index in [-0.39, 0.29) is 30.4 Å². The van der Waals surface area contributed by atoms with Gasteiger partial charge in [-0.1, -0.05) is 33.3 Å². The number of hydrogen-bond acceptors (Lipinski definition) is 5. The number of aliphatic hydroxyl groups excluding tert-OH is 1. The summed E-state index contributed by atoms with van der Waals surface area (Å²) in [5, 5.41) is 20.4. The third-order valence-electron chi connectivity index (χ3n) is 8.20. The average molecular weight is 451 g/mol. The molecule has 1 spiro atoms. The molecule has 3 aliphatic rings. The van der Waals surface area contributed by atoms with E-state index in [1.807, 2.05) is 34.6 Å². The summed E-state index contributed by atoms with van der Waals surface area (Å²) in [5.41, 5.74) is -2.13. The molecule has 2 N–H and O–H groups in total. The third-order valence-corrected chi connectivity index (χ3v) is 8.20. The molecule has 8 heteroatoms. The molecule has 0 aromatic carbocycles. The molecule has 3 saturated heterocycles. The van der Waals surface area contributed by atoms with Gasteiger partial charge >= 0.3 is 5.97 Å². The SMILES string of the molecule is C=CCN(C(=O)C1N([C@@H](CO)[C@@H](C)CC)C(=O)[C@@H]2[C@@H](C(=O)O)[C@@]3(CC)CCC12O3)C(C)C. The number of nitrogens with zero attached hydrogens (tertiary/aromatic N) is 2. The van der Waals surface area contributed by atoms with Gasteiger partial charge in [0.15, 0.2) is 0 Å². The van der Waals surface area contributed by atoms with Gasteiger partial charge in [0.25, 0.3) is 0 Å². The molecule has 8 nitrogen and oxygen atoms in total. The fraction of sp³-hybridized carbons (Fsp3) is 0.792. The van der Waals surface area contributed by atoms with E-state index in [2.05, 4.69) is 6.58 Å². The topological polar surface area (TPSA) is 107 Å². The maximum Gasteiger partial charge on any atom is 0.310 e. The first-order valence-electron chi connectivity index (χ1n) is 11.8. The van der Waals surface area contributed by atoms with E-state index >= 15 is 0 Å². The molecule has 32 heavy (non-hydrogen) atoms. The lowest BCUT2D eigenvalue weighted by molar-refractivity contribution is -0.161. The second-order valence-electron chi connectivity index (χ2n) is 9.93. The van der Waals surface area contributed by atoms with E-state index < -0.39 is 41.1 Å². The Morgan fingerprint density at radius 1 is 1.31 bits per heavy atom. The lowest BCUT2D eigenvalue weighted by atomic mass is 9.65. The predicted molar refractivity (Wildman–Crippen MR) is 119 cm³/mol. The summed E-state index contributed by atoms with van der Waals surface area (Å²) in [6, 6.07) is -1.70. The number of hydrogen-bond donors (Lipinski definition) is 2. The number of likely N-dealkylation sites (tertiary alicyclic amines) is 1. The van der Waals surface area contributed by atoms with Crippen molar-refractivity contribution in [3.05, 3.63) is 12.7 Å². The van der Waals surface area contributed by atoms with E-state index in [0.29, 0.717) is 32.2 Å². The van der Waals surface area contributed by atoms with Crippen LogP contribution in [-0.2, 0) is 19.1 Å². The smallest absolute Gasteiger partial charge is 0.310 e. The lowest BCUT2D eigenvalue weighted by Gasteiger charge is -2.42. The molecule has 3 rings (SSSR count). The van der Waals surface area contributed by atoms with Crippen LogP contribution in [0.2, 0.25) is 0 Å². The minimum Gasteiger partial charge on any atom is -0.481 e. The van der Waals surface area contributed by atoms with Crippen LogP contribution in [0.3, 0.4) is 0 Å². The van der Waals surface area contributed by atoms with Gasteiger partial charge in [0.1, 0.15) is 17.6 Å². The Balaban J connectivity index is 2.19. The second-order valence-corrected chi connectivity index (χ2v) is 9.93. The number of carboxylic acids is 1. The second kappa shape index (κ2) is 8.78. The number of ether oxygens (including phenoxy) is 1. The van der Waals surface area contributed by atoms with E-state index in [0.717, 1.165) is 0 Å². The highest BCUT2D eigenvalue weighted by molar-refractivity contribution is 5.98. The number of rotatable bonds is 10. The zero-order chi connectivity index (χ0) is 24.0. The third kappa shape index (κ3) is 3.29. The summed E-state index contributed by atoms with van der Waals surface area (Å²) in [4.78, 5) is 43.5. The van der Waals surface area contributed by atoms with Gasteiger partial charge in [0, 0.05) is 12.6 Å². The zero-order valence-corrected chi connectivity index (χ0v) is 19.9. The quantitative estimate of drug-likeness (QED) is 0.494. The molecule has 7 atom stereocenters. The van der Waals surface area contributed by atoms with Crippen LogP contribution >= 0.6 is 0 Å². The standard InChI is InChI=1S/C24H38N2O6/c1-7-12-25(14(4)5)21(29)19-24-11-10-23(9-3,32-24)18(22(30)31)17(24)20(28)26(19)16(13-27)15(6)8-2/h7,14-19,27H,1,8-13H2,2-6H3,(H,30,31)/t15-,16-,17-,18-,19?,23+,24?/m0/s1. The van der Waals surface area contributed by atoms with Crippen LogP contribution in [0.15, 0.2) is 12.7 Å². The molecule has 2 unspecified atom stereocenters. The van der Waals surface area contributed by atoms with Crippen LogP contribution in [0.4, 0.5) is 0 Å². The van der Waals surface area contributed by atoms with Crippen molar-refractivity contribution in [2.24, 2.45) is 17.8 Å². The predicted octanol–water partition coefficient (Wildman–Crippen LogP) is 2.06. The summed E-state index contributed by atoms with van der Waals surface area (Å²) in [5.74, 6) is -3.71. The fourth-order valence-corrected chi connectivity index (χ4v) is 6.33. The first-order valence-corrected chi connectivity index (χ1v) is 11.8. The molecule has 0 aliphatic carbocycles. The Morgan fingerprint density at radius 3 is 2.44 bits per heavy atom. The Kier molecular flexibility index (Phi) is 6.78. The van der Waals surface area contributed by atoms with Crippen molar-refractivity contribution in [1.82, 2.24) is 9.80 Å². The molecule has 3 heterocycles. The Labute approximate surface area is 190 Å². The normalized spacial score (nSPS) is 35.2. The van der Waals surface area contributed by atoms with Gasteiger partial charge in [-0.2, -0.15) is 0 Å². The zero-order valence-electron chi connectivity index (χ0n) is 19.9. The van der Waals surface area contributed by atoms with Gasteiger partial charge in [0.2, 0.25) is 11.8 Å². The van der Waals surface area contributed by atoms with E-state index in [4.69, 9.17) is 4.74 Å². The van der Waals surface area contributed by atoms with Crippen molar-refractivity contribution in [3.63, 3.8) is 0 Å². The summed E-state index contributed by atoms with van der Waals surface area (Å²) in [7, 11) is 0. The van der Waals surface area contributed by atoms with Crippen molar-refractivity contribution in [2.75, 3.05) is 13.2 Å². The van der Waals surface area contributed by atoms with E-state index in [1.165, 1.54) is 4.90 Å². The number of carbonyl (C=O) groups is 3. The lowest BCUT2D eigenvalue weighted by Crippen LogP contribution is -2.60. The monoisotopic (exact) mass is 450 g/mol. The molecular weight excluding hydrogens is 412 g/mol. The van der Waals surface area contributed by atoms with Gasteiger partial charge in [-0.05, 0) is 39.0 Å². The minimum atomic E-state index is -1.19. The van der Waals surface area contributed by atoms with Gasteiger partial charge in [-0.15, -0.1) is 6.58 Å². The number of amides is 2. The number of carbonyl (C=O) groups excluding carboxylic acids is 2. The maximum atomic E-state index is 14.0. The highest BCUT2D eigenvalue weighted by Gasteiger charge is 2.79. The summed E-state index contributed by atoms with van der Waals surface area (Å²) in [6.45, 7) is 13.4. The van der Waals surface area contributed by atoms with Crippen LogP contribution in [0.1, 0.15) is 60.3 Å². The van der Waals surface area contributed by atoms with Gasteiger partial charge in [0.05, 0.1) is 24.2 Å². The van der Waals surface area contributed by atoms with Crippen molar-refractivity contribution < 1.29 is 29.3 Å². The fourth-order valence-electron chi connectivity index (χ4n) is 6.33. The van der Waals surface area contributed by atoms with E-state index in [9.17, 15) is 24.6 Å². The largest absolute Gasteiger partial charge is 0.481 e. The number of carboxylic acid groups (broad SMARTS) is 1. The number of aliphatic hydroxyl groups is 1. The Bertz CT molecular complexity index is 784. The van der Waals surface area contributed by atoms with Crippen molar-refractivity contribution in [2.45, 2.75) is 89.6 Å². The van der Waals surface area contributed by atoms with Crippen molar-refractivity contribution in [3.8, 4) is 0 Å². The van der Waals surface area contributed by atoms with Crippen LogP contribution in [0.5, 0.6) is 0 Å². The van der Waals surface area contributed by atoms with E-state index in [1.54, 1.807) is 11.0 Å². The van der Waals surface area contributed by atoms with Crippen LogP contribution in [0.25, 0.3) is 0 Å². The van der Waals surface area contributed by atoms with Crippen molar-refractivity contribution in [1.29, 1.82) is 0 Å². The number of fused-ring (bicyclic) bond motifs is 1. The summed E-state index contributed by atoms with van der Waals surface area (Å²) < 4.78 is 6.55. The van der Waals surface area contributed by atoms with Gasteiger partial charge in [-0.3, -0.25) is 14.4 Å². The van der Waals surface area contributed by atoms with Gasteiger partial charge < -0.3 is 24.7 Å². The molecule has 0 radical (unpaired) electrons. The van der Waals surface area contributed by atoms with Crippen LogP contribution in [0, 0.1) is 17.8 Å². The minimum absolute atomic E-state index is 0.0676. The molecule has 3 aliphatic heterocycles. The molecular formula is C24H38N2O6. The summed E-state index contributed by atoms with van der Waals surface area (Å²) >= 11 is 0. The van der Waals surface area contributed by atoms with Gasteiger partial charge in [-0.25, -0.2) is 0 Å². The Morgan fingerprint density at radius 2 is 1.97 bits per heavy atom. The molecule has 2 amide bonds. The van der Waals surface area contributed by atoms with Crippen LogP contribution < -0.4 is 0 Å². The molecule has 180 valence electrons. The summed E-state index contributed by atoms with van der Waals surface area (Å²) in [6.07, 6.45) is 3.76. The molecule has 0 aromatic heterocycles. The molecule has 3 fully saturated rings. The molecule has 0 saturated carbocycles. The average Bonchev–Trinajstić information content (AvgIpc) is 3.36. The Hall–Kier alpha value is -1.93. The maximum absolute atomic E-state index is 14.0. The molecule has 2 bridgehead atoms. The van der Waals surface area contributed by atoms with Crippen LogP contribution in [-0.4, -0.2) is 80.3 Å². The number of aliphatic carboxylic acids is 1. The molecule has 0 aromatic rings. The highest BCUT2D eigenvalue weighted by atomic mass is 16.5.